The molecule has 0 aromatic heterocycles. The van der Waals surface area contributed by atoms with E-state index < -0.39 is 15.5 Å². The van der Waals surface area contributed by atoms with Gasteiger partial charge in [0.15, 0.2) is 0 Å². The molecule has 0 heterocycles. The van der Waals surface area contributed by atoms with E-state index in [1.165, 1.54) is 6.08 Å². The first-order valence-electron chi connectivity index (χ1n) is 2.45. The molecular weight excluding hydrogens is 158 g/mol. The molecular formula is C3H8BO5P. The minimum absolute atomic E-state index is 0.208. The Balaban J connectivity index is 3.20. The molecule has 0 radical (unpaired) electrons. The molecule has 7 heteroatoms. The zero-order chi connectivity index (χ0) is 8.04. The Hall–Kier alpha value is -0.125. The van der Waals surface area contributed by atoms with Crippen LogP contribution >= 0.6 is 7.82 Å². The van der Waals surface area contributed by atoms with E-state index in [-0.39, 0.29) is 6.61 Å². The van der Waals surface area contributed by atoms with Gasteiger partial charge in [0.1, 0.15) is 0 Å². The molecule has 5 nitrogen and oxygen atoms in total. The van der Waals surface area contributed by atoms with Crippen LogP contribution in [0.1, 0.15) is 0 Å². The highest BCUT2D eigenvalue weighted by atomic mass is 31.2. The maximum atomic E-state index is 9.96. The van der Waals surface area contributed by atoms with Gasteiger partial charge >= 0.3 is 15.5 Å². The van der Waals surface area contributed by atoms with Crippen LogP contribution in [-0.2, 0) is 13.7 Å². The fraction of sp³-hybridized carbons (Fsp3) is 0.333. The maximum absolute atomic E-state index is 9.96. The second kappa shape index (κ2) is 4.65. The van der Waals surface area contributed by atoms with Crippen molar-refractivity contribution in [2.75, 3.05) is 6.61 Å². The van der Waals surface area contributed by atoms with Gasteiger partial charge in [0, 0.05) is 6.61 Å². The molecule has 0 aliphatic carbocycles. The second-order valence-corrected chi connectivity index (χ2v) is 2.64. The van der Waals surface area contributed by atoms with E-state index in [1.54, 1.807) is 0 Å². The minimum Gasteiger partial charge on any atom is -0.410 e. The van der Waals surface area contributed by atoms with E-state index in [9.17, 15) is 4.57 Å². The van der Waals surface area contributed by atoms with E-state index in [1.807, 2.05) is 0 Å². The van der Waals surface area contributed by atoms with Crippen LogP contribution in [0.3, 0.4) is 0 Å². The van der Waals surface area contributed by atoms with Gasteiger partial charge in [0.2, 0.25) is 0 Å². The van der Waals surface area contributed by atoms with Gasteiger partial charge in [0.05, 0.1) is 0 Å². The molecule has 0 aromatic carbocycles. The minimum atomic E-state index is -4.37. The lowest BCUT2D eigenvalue weighted by Gasteiger charge is -2.02. The van der Waals surface area contributed by atoms with Crippen LogP contribution in [-0.4, -0.2) is 24.1 Å². The fourth-order valence-corrected chi connectivity index (χ4v) is 0.449. The summed E-state index contributed by atoms with van der Waals surface area (Å²) in [6.45, 7) is 3.53. The molecule has 0 fully saturated rings. The van der Waals surface area contributed by atoms with Gasteiger partial charge in [-0.1, -0.05) is 6.08 Å². The van der Waals surface area contributed by atoms with Crippen molar-refractivity contribution in [2.45, 2.75) is 0 Å². The van der Waals surface area contributed by atoms with Gasteiger partial charge < -0.3 is 18.9 Å². The zero-order valence-corrected chi connectivity index (χ0v) is 6.16. The monoisotopic (exact) mass is 166 g/mol. The first-order chi connectivity index (χ1) is 4.56. The molecule has 0 aliphatic heterocycles. The Labute approximate surface area is 59.2 Å². The van der Waals surface area contributed by atoms with Crippen LogP contribution in [0.5, 0.6) is 0 Å². The largest absolute Gasteiger partial charge is 0.457 e. The fourth-order valence-electron chi connectivity index (χ4n) is 0.237. The normalized spacial score (nSPS) is 11.0. The summed E-state index contributed by atoms with van der Waals surface area (Å²) in [5, 5.41) is 0. The Morgan fingerprint density at radius 3 is 2.70 bits per heavy atom. The summed E-state index contributed by atoms with van der Waals surface area (Å²) >= 11 is 0. The molecule has 0 bridgehead atoms. The van der Waals surface area contributed by atoms with Crippen molar-refractivity contribution in [1.82, 2.24) is 0 Å². The summed E-state index contributed by atoms with van der Waals surface area (Å²) in [5.41, 5.74) is 0. The Bertz CT molecular complexity index is 142. The third-order valence-electron chi connectivity index (χ3n) is 0.540. The zero-order valence-electron chi connectivity index (χ0n) is 5.27. The number of phosphoric acid groups is 1. The number of hydrogen-bond acceptors (Lipinski definition) is 3. The molecule has 10 heavy (non-hydrogen) atoms. The van der Waals surface area contributed by atoms with E-state index >= 15 is 0 Å². The van der Waals surface area contributed by atoms with Crippen molar-refractivity contribution in [3.8, 4) is 0 Å². The summed E-state index contributed by atoms with van der Waals surface area (Å²) in [6.07, 6.45) is 1.45. The average molecular weight is 166 g/mol. The third-order valence-corrected chi connectivity index (χ3v) is 0.982. The van der Waals surface area contributed by atoms with Crippen LogP contribution in [0.4, 0.5) is 0 Å². The second-order valence-electron chi connectivity index (χ2n) is 1.40. The van der Waals surface area contributed by atoms with Crippen molar-refractivity contribution >= 4 is 15.5 Å². The lowest BCUT2D eigenvalue weighted by molar-refractivity contribution is 0.251. The quantitative estimate of drug-likeness (QED) is 0.250. The van der Waals surface area contributed by atoms with Crippen molar-refractivity contribution in [2.24, 2.45) is 0 Å². The summed E-state index contributed by atoms with van der Waals surface area (Å²) in [7, 11) is -4.79. The number of rotatable bonds is 5. The summed E-state index contributed by atoms with van der Waals surface area (Å²) in [5.74, 6) is 0. The van der Waals surface area contributed by atoms with Crippen LogP contribution in [0.25, 0.3) is 0 Å². The standard InChI is InChI=1S/C3H8BO5P/c1-2-3-8-4-9-10(5,6)7/h2,4H,1,3H2,(H2,5,6,7). The third kappa shape index (κ3) is 7.87. The highest BCUT2D eigenvalue weighted by Crippen LogP contribution is 2.34. The molecule has 0 aliphatic rings. The lowest BCUT2D eigenvalue weighted by atomic mass is 10.4. The molecule has 2 N–H and O–H groups in total. The topological polar surface area (TPSA) is 76.0 Å². The molecule has 0 unspecified atom stereocenters. The molecule has 0 amide bonds. The highest BCUT2D eigenvalue weighted by Gasteiger charge is 2.13. The van der Waals surface area contributed by atoms with Gasteiger partial charge in [-0.2, -0.15) is 0 Å². The Kier molecular flexibility index (Phi) is 4.60. The average Bonchev–Trinajstić information content (AvgIpc) is 1.78. The summed E-state index contributed by atoms with van der Waals surface area (Å²) < 4.78 is 18.4. The van der Waals surface area contributed by atoms with Gasteiger partial charge in [-0.3, -0.25) is 0 Å². The van der Waals surface area contributed by atoms with Crippen molar-refractivity contribution < 1.29 is 23.4 Å². The van der Waals surface area contributed by atoms with Gasteiger partial charge in [0.25, 0.3) is 0 Å². The molecule has 0 rings (SSSR count). The van der Waals surface area contributed by atoms with Gasteiger partial charge in [-0.15, -0.1) is 6.58 Å². The maximum Gasteiger partial charge on any atom is 0.457 e. The van der Waals surface area contributed by atoms with Crippen molar-refractivity contribution in [1.29, 1.82) is 0 Å². The highest BCUT2D eigenvalue weighted by molar-refractivity contribution is 7.47. The Morgan fingerprint density at radius 2 is 2.30 bits per heavy atom. The van der Waals surface area contributed by atoms with Crippen molar-refractivity contribution in [3.63, 3.8) is 0 Å². The SMILES string of the molecule is C=CCOBOP(=O)(O)O. The van der Waals surface area contributed by atoms with Gasteiger partial charge in [-0.05, 0) is 0 Å². The number of hydrogen-bond donors (Lipinski definition) is 2. The smallest absolute Gasteiger partial charge is 0.410 e. The molecule has 0 saturated carbocycles. The van der Waals surface area contributed by atoms with E-state index in [2.05, 4.69) is 15.7 Å². The first-order valence-corrected chi connectivity index (χ1v) is 3.98. The van der Waals surface area contributed by atoms with E-state index in [0.29, 0.717) is 0 Å². The van der Waals surface area contributed by atoms with Crippen LogP contribution < -0.4 is 0 Å². The van der Waals surface area contributed by atoms with Crippen LogP contribution in [0.2, 0.25) is 0 Å². The molecule has 0 atom stereocenters. The Morgan fingerprint density at radius 1 is 1.70 bits per heavy atom. The summed E-state index contributed by atoms with van der Waals surface area (Å²) in [6, 6.07) is 0. The van der Waals surface area contributed by atoms with E-state index in [0.717, 1.165) is 0 Å². The van der Waals surface area contributed by atoms with Crippen molar-refractivity contribution in [3.05, 3.63) is 12.7 Å². The first kappa shape index (κ1) is 9.87. The lowest BCUT2D eigenvalue weighted by Crippen LogP contribution is -2.02. The van der Waals surface area contributed by atoms with Crippen LogP contribution in [0.15, 0.2) is 12.7 Å². The molecule has 0 spiro atoms. The van der Waals surface area contributed by atoms with Crippen LogP contribution in [0, 0.1) is 0 Å². The summed E-state index contributed by atoms with van der Waals surface area (Å²) in [4.78, 5) is 16.2. The molecule has 58 valence electrons. The predicted octanol–water partition coefficient (Wildman–Crippen LogP) is -0.435. The van der Waals surface area contributed by atoms with E-state index in [4.69, 9.17) is 9.79 Å². The predicted molar refractivity (Wildman–Crippen MR) is 36.4 cm³/mol. The molecule has 0 aromatic rings. The molecule has 0 saturated heterocycles. The van der Waals surface area contributed by atoms with Gasteiger partial charge in [-0.25, -0.2) is 4.57 Å².